The van der Waals surface area contributed by atoms with Crippen LogP contribution in [0, 0.1) is 0 Å². The number of H-pyrrole nitrogens is 1. The van der Waals surface area contributed by atoms with Crippen LogP contribution in [0.25, 0.3) is 17.0 Å². The Hall–Kier alpha value is -3.26. The average molecular weight is 340 g/mol. The van der Waals surface area contributed by atoms with E-state index in [1.54, 1.807) is 41.6 Å². The molecule has 0 bridgehead atoms. The molecule has 2 N–H and O–H groups in total. The average Bonchev–Trinajstić information content (AvgIpc) is 3.25. The van der Waals surface area contributed by atoms with E-state index >= 15 is 0 Å². The van der Waals surface area contributed by atoms with Crippen molar-refractivity contribution >= 4 is 34.2 Å². The lowest BCUT2D eigenvalue weighted by Crippen LogP contribution is -2.16. The number of halogens is 1. The molecule has 0 radical (unpaired) electrons. The molecule has 0 saturated heterocycles. The van der Waals surface area contributed by atoms with Crippen LogP contribution in [-0.4, -0.2) is 35.4 Å². The van der Waals surface area contributed by atoms with Crippen LogP contribution in [0.3, 0.4) is 0 Å². The number of aromatic amines is 1. The maximum absolute atomic E-state index is 12.6. The van der Waals surface area contributed by atoms with E-state index in [9.17, 15) is 4.79 Å². The highest BCUT2D eigenvalue weighted by Crippen LogP contribution is 2.18. The molecule has 4 rings (SSSR count). The number of fused-ring (bicyclic) bond motifs is 1. The Morgan fingerprint density at radius 2 is 2.17 bits per heavy atom. The number of carbonyl (C=O) groups excluding carboxylic acids is 1. The highest BCUT2D eigenvalue weighted by molar-refractivity contribution is 6.30. The number of rotatable bonds is 3. The van der Waals surface area contributed by atoms with Gasteiger partial charge in [0.2, 0.25) is 5.95 Å². The molecule has 4 aromatic heterocycles. The first kappa shape index (κ1) is 14.3. The second-order valence-electron chi connectivity index (χ2n) is 4.93. The van der Waals surface area contributed by atoms with Crippen molar-refractivity contribution in [2.24, 2.45) is 0 Å². The van der Waals surface area contributed by atoms with E-state index in [2.05, 4.69) is 30.2 Å². The van der Waals surface area contributed by atoms with Crippen LogP contribution >= 0.6 is 11.6 Å². The van der Waals surface area contributed by atoms with Crippen molar-refractivity contribution in [3.8, 4) is 5.95 Å². The van der Waals surface area contributed by atoms with Crippen molar-refractivity contribution in [3.63, 3.8) is 0 Å². The summed E-state index contributed by atoms with van der Waals surface area (Å²) in [6.45, 7) is 0. The number of pyridine rings is 1. The minimum Gasteiger partial charge on any atom is -0.358 e. The summed E-state index contributed by atoms with van der Waals surface area (Å²) in [4.78, 5) is 32.3. The van der Waals surface area contributed by atoms with Gasteiger partial charge in [-0.15, -0.1) is 0 Å². The van der Waals surface area contributed by atoms with Gasteiger partial charge in [0, 0.05) is 24.8 Å². The number of hydrogen-bond donors (Lipinski definition) is 2. The third kappa shape index (κ3) is 2.59. The van der Waals surface area contributed by atoms with E-state index in [-0.39, 0.29) is 5.69 Å². The van der Waals surface area contributed by atoms with Gasteiger partial charge < -0.3 is 10.3 Å². The molecule has 24 heavy (non-hydrogen) atoms. The lowest BCUT2D eigenvalue weighted by molar-refractivity contribution is 0.102. The van der Waals surface area contributed by atoms with Gasteiger partial charge in [0.1, 0.15) is 6.33 Å². The van der Waals surface area contributed by atoms with Crippen molar-refractivity contribution in [2.45, 2.75) is 0 Å². The monoisotopic (exact) mass is 339 g/mol. The number of hydrogen-bond acceptors (Lipinski definition) is 5. The summed E-state index contributed by atoms with van der Waals surface area (Å²) in [5, 5.41) is 3.16. The Labute approximate surface area is 140 Å². The normalized spacial score (nSPS) is 10.9. The van der Waals surface area contributed by atoms with Gasteiger partial charge in [-0.2, -0.15) is 0 Å². The summed E-state index contributed by atoms with van der Waals surface area (Å²) in [6, 6.07) is 3.38. The van der Waals surface area contributed by atoms with Gasteiger partial charge in [0.15, 0.2) is 5.69 Å². The summed E-state index contributed by atoms with van der Waals surface area (Å²) < 4.78 is 1.63. The molecule has 0 aliphatic carbocycles. The highest BCUT2D eigenvalue weighted by atomic mass is 35.5. The second kappa shape index (κ2) is 5.74. The van der Waals surface area contributed by atoms with Gasteiger partial charge in [0.25, 0.3) is 5.91 Å². The van der Waals surface area contributed by atoms with Crippen LogP contribution in [-0.2, 0) is 0 Å². The SMILES string of the molecule is O=C(Nc1cncc(Cl)c1)c1nc(-n2ccnc2)nc2cc[nH]c12. The van der Waals surface area contributed by atoms with Gasteiger partial charge >= 0.3 is 0 Å². The van der Waals surface area contributed by atoms with E-state index in [0.29, 0.717) is 27.7 Å². The maximum atomic E-state index is 12.6. The number of amides is 1. The predicted octanol–water partition coefficient (Wildman–Crippen LogP) is 2.44. The zero-order chi connectivity index (χ0) is 16.5. The summed E-state index contributed by atoms with van der Waals surface area (Å²) in [5.41, 5.74) is 1.87. The molecule has 0 aliphatic rings. The number of imidazole rings is 1. The van der Waals surface area contributed by atoms with Crippen molar-refractivity contribution in [1.82, 2.24) is 29.5 Å². The fourth-order valence-corrected chi connectivity index (χ4v) is 2.43. The third-order valence-corrected chi connectivity index (χ3v) is 3.51. The number of aromatic nitrogens is 6. The zero-order valence-corrected chi connectivity index (χ0v) is 12.9. The maximum Gasteiger partial charge on any atom is 0.276 e. The van der Waals surface area contributed by atoms with Crippen LogP contribution in [0.15, 0.2) is 49.4 Å². The second-order valence-corrected chi connectivity index (χ2v) is 5.36. The lowest BCUT2D eigenvalue weighted by atomic mass is 10.3. The van der Waals surface area contributed by atoms with E-state index < -0.39 is 5.91 Å². The summed E-state index contributed by atoms with van der Waals surface area (Å²) in [5.74, 6) is -0.0377. The molecule has 0 aromatic carbocycles. The topological polar surface area (TPSA) is 101 Å². The molecule has 4 aromatic rings. The summed E-state index contributed by atoms with van der Waals surface area (Å²) >= 11 is 5.89. The first-order valence-electron chi connectivity index (χ1n) is 6.96. The molecule has 1 amide bonds. The molecular formula is C15H10ClN7O. The molecule has 118 valence electrons. The van der Waals surface area contributed by atoms with Gasteiger partial charge in [-0.1, -0.05) is 11.6 Å². The number of nitrogens with zero attached hydrogens (tertiary/aromatic N) is 5. The largest absolute Gasteiger partial charge is 0.358 e. The Morgan fingerprint density at radius 1 is 1.25 bits per heavy atom. The molecular weight excluding hydrogens is 330 g/mol. The van der Waals surface area contributed by atoms with Gasteiger partial charge in [0.05, 0.1) is 27.9 Å². The molecule has 0 aliphatic heterocycles. The number of carbonyl (C=O) groups is 1. The van der Waals surface area contributed by atoms with Crippen molar-refractivity contribution in [3.05, 3.63) is 60.2 Å². The minimum atomic E-state index is -0.393. The van der Waals surface area contributed by atoms with Gasteiger partial charge in [-0.3, -0.25) is 14.3 Å². The van der Waals surface area contributed by atoms with E-state index in [1.165, 1.54) is 12.4 Å². The summed E-state index contributed by atoms with van der Waals surface area (Å²) in [6.07, 6.45) is 9.58. The fraction of sp³-hybridized carbons (Fsp3) is 0. The molecule has 0 fully saturated rings. The first-order chi connectivity index (χ1) is 11.7. The van der Waals surface area contributed by atoms with Crippen LogP contribution in [0.5, 0.6) is 0 Å². The Morgan fingerprint density at radius 3 is 2.96 bits per heavy atom. The Balaban J connectivity index is 1.77. The third-order valence-electron chi connectivity index (χ3n) is 3.31. The minimum absolute atomic E-state index is 0.216. The van der Waals surface area contributed by atoms with Crippen LogP contribution < -0.4 is 5.32 Å². The molecule has 0 spiro atoms. The fourth-order valence-electron chi connectivity index (χ4n) is 2.26. The van der Waals surface area contributed by atoms with E-state index in [4.69, 9.17) is 11.6 Å². The number of nitrogens with one attached hydrogen (secondary N) is 2. The zero-order valence-electron chi connectivity index (χ0n) is 12.1. The molecule has 4 heterocycles. The molecule has 0 unspecified atom stereocenters. The predicted molar refractivity (Wildman–Crippen MR) is 88.2 cm³/mol. The van der Waals surface area contributed by atoms with Gasteiger partial charge in [-0.25, -0.2) is 15.0 Å². The highest BCUT2D eigenvalue weighted by Gasteiger charge is 2.17. The first-order valence-corrected chi connectivity index (χ1v) is 7.34. The Kier molecular flexibility index (Phi) is 3.43. The van der Waals surface area contributed by atoms with Crippen molar-refractivity contribution < 1.29 is 4.79 Å². The van der Waals surface area contributed by atoms with Gasteiger partial charge in [-0.05, 0) is 12.1 Å². The number of anilines is 1. The van der Waals surface area contributed by atoms with E-state index in [0.717, 1.165) is 0 Å². The lowest BCUT2D eigenvalue weighted by Gasteiger charge is -2.07. The van der Waals surface area contributed by atoms with Crippen molar-refractivity contribution in [2.75, 3.05) is 5.32 Å². The quantitative estimate of drug-likeness (QED) is 0.597. The van der Waals surface area contributed by atoms with Crippen LogP contribution in [0.1, 0.15) is 10.5 Å². The smallest absolute Gasteiger partial charge is 0.276 e. The molecule has 9 heteroatoms. The molecule has 8 nitrogen and oxygen atoms in total. The molecule has 0 saturated carbocycles. The Bertz CT molecular complexity index is 1030. The summed E-state index contributed by atoms with van der Waals surface area (Å²) in [7, 11) is 0. The van der Waals surface area contributed by atoms with Crippen LogP contribution in [0.4, 0.5) is 5.69 Å². The van der Waals surface area contributed by atoms with E-state index in [1.807, 2.05) is 0 Å². The molecule has 0 atom stereocenters. The van der Waals surface area contributed by atoms with Crippen molar-refractivity contribution in [1.29, 1.82) is 0 Å². The standard InChI is InChI=1S/C15H10ClN7O/c16-9-5-10(7-18-6-9)20-14(24)13-12-11(1-2-19-12)21-15(22-13)23-4-3-17-8-23/h1-8,19H,(H,20,24). The van der Waals surface area contributed by atoms with Crippen LogP contribution in [0.2, 0.25) is 5.02 Å².